The number of esters is 2. The molecular weight excluding hydrogens is 302 g/mol. The molecule has 7 heteroatoms. The highest BCUT2D eigenvalue weighted by atomic mass is 16.7. The van der Waals surface area contributed by atoms with Gasteiger partial charge >= 0.3 is 11.9 Å². The number of benzene rings is 1. The Balaban J connectivity index is 2.33. The maximum Gasteiger partial charge on any atom is 0.356 e. The lowest BCUT2D eigenvalue weighted by Crippen LogP contribution is -2.39. The average Bonchev–Trinajstić information content (AvgIpc) is 2.98. The molecule has 3 atom stereocenters. The average molecular weight is 321 g/mol. The fraction of sp³-hybridized carbons (Fsp3) is 0.438. The zero-order chi connectivity index (χ0) is 16.8. The zero-order valence-electron chi connectivity index (χ0n) is 13.2. The topological polar surface area (TPSA) is 83.4 Å². The predicted octanol–water partition coefficient (Wildman–Crippen LogP) is 1.83. The van der Waals surface area contributed by atoms with Gasteiger partial charge in [0.1, 0.15) is 5.92 Å². The Morgan fingerprint density at radius 1 is 1.30 bits per heavy atom. The van der Waals surface area contributed by atoms with Crippen molar-refractivity contribution in [2.75, 3.05) is 13.7 Å². The number of carbonyl (C=O) groups excluding carboxylic acids is 2. The molecule has 2 rings (SSSR count). The maximum atomic E-state index is 12.1. The Labute approximate surface area is 134 Å². The Kier molecular flexibility index (Phi) is 5.70. The van der Waals surface area contributed by atoms with Gasteiger partial charge in [0, 0.05) is 14.0 Å². The maximum absolute atomic E-state index is 12.1. The lowest BCUT2D eigenvalue weighted by molar-refractivity contribution is -0.183. The van der Waals surface area contributed by atoms with Crippen molar-refractivity contribution in [2.24, 2.45) is 11.1 Å². The SMILES string of the molecule is CCOC(=O)C1=NOC(c2ccccc2)C1C(OC)OC(C)=O. The summed E-state index contributed by atoms with van der Waals surface area (Å²) in [7, 11) is 1.39. The molecule has 0 fully saturated rings. The van der Waals surface area contributed by atoms with Crippen LogP contribution in [0.15, 0.2) is 35.5 Å². The van der Waals surface area contributed by atoms with Crippen LogP contribution in [0.5, 0.6) is 0 Å². The molecule has 0 saturated carbocycles. The van der Waals surface area contributed by atoms with Gasteiger partial charge in [0.25, 0.3) is 0 Å². The van der Waals surface area contributed by atoms with E-state index >= 15 is 0 Å². The monoisotopic (exact) mass is 321 g/mol. The van der Waals surface area contributed by atoms with Crippen LogP contribution in [0.3, 0.4) is 0 Å². The Bertz CT molecular complexity index is 585. The van der Waals surface area contributed by atoms with Crippen molar-refractivity contribution in [3.63, 3.8) is 0 Å². The first kappa shape index (κ1) is 17.0. The highest BCUT2D eigenvalue weighted by Gasteiger charge is 2.46. The van der Waals surface area contributed by atoms with Crippen LogP contribution in [-0.2, 0) is 28.6 Å². The summed E-state index contributed by atoms with van der Waals surface area (Å²) in [6, 6.07) is 9.21. The van der Waals surface area contributed by atoms with Gasteiger partial charge in [0.05, 0.1) is 6.61 Å². The van der Waals surface area contributed by atoms with E-state index in [1.807, 2.05) is 30.3 Å². The van der Waals surface area contributed by atoms with Crippen molar-refractivity contribution in [1.82, 2.24) is 0 Å². The second-order valence-corrected chi connectivity index (χ2v) is 4.87. The van der Waals surface area contributed by atoms with Crippen LogP contribution in [-0.4, -0.2) is 37.7 Å². The van der Waals surface area contributed by atoms with Gasteiger partial charge in [-0.25, -0.2) is 4.79 Å². The number of ether oxygens (including phenoxy) is 3. The fourth-order valence-electron chi connectivity index (χ4n) is 2.38. The Hall–Kier alpha value is -2.41. The van der Waals surface area contributed by atoms with E-state index in [2.05, 4.69) is 5.16 Å². The van der Waals surface area contributed by atoms with Crippen LogP contribution in [0, 0.1) is 5.92 Å². The van der Waals surface area contributed by atoms with Crippen LogP contribution in [0.4, 0.5) is 0 Å². The number of nitrogens with zero attached hydrogens (tertiary/aromatic N) is 1. The number of oxime groups is 1. The smallest absolute Gasteiger partial charge is 0.356 e. The van der Waals surface area contributed by atoms with Crippen molar-refractivity contribution < 1.29 is 28.6 Å². The Morgan fingerprint density at radius 2 is 2.00 bits per heavy atom. The minimum atomic E-state index is -1.01. The van der Waals surface area contributed by atoms with Gasteiger partial charge in [-0.3, -0.25) is 4.79 Å². The van der Waals surface area contributed by atoms with Gasteiger partial charge < -0.3 is 19.0 Å². The molecule has 0 bridgehead atoms. The van der Waals surface area contributed by atoms with Gasteiger partial charge in [0.15, 0.2) is 11.8 Å². The first-order valence-electron chi connectivity index (χ1n) is 7.24. The third-order valence-electron chi connectivity index (χ3n) is 3.33. The normalized spacial score (nSPS) is 21.1. The van der Waals surface area contributed by atoms with Crippen molar-refractivity contribution in [1.29, 1.82) is 0 Å². The highest BCUT2D eigenvalue weighted by molar-refractivity contribution is 6.37. The standard InChI is InChI=1S/C16H19NO6/c1-4-21-15(19)13-12(16(20-3)22-10(2)18)14(23-17-13)11-8-6-5-7-9-11/h5-9,12,14,16H,4H2,1-3H3. The summed E-state index contributed by atoms with van der Waals surface area (Å²) in [6.45, 7) is 3.16. The minimum Gasteiger partial charge on any atom is -0.461 e. The summed E-state index contributed by atoms with van der Waals surface area (Å²) in [5.41, 5.74) is 0.823. The molecule has 7 nitrogen and oxygen atoms in total. The van der Waals surface area contributed by atoms with Gasteiger partial charge in [-0.15, -0.1) is 0 Å². The zero-order valence-corrected chi connectivity index (χ0v) is 13.2. The molecular formula is C16H19NO6. The largest absolute Gasteiger partial charge is 0.461 e. The summed E-state index contributed by atoms with van der Waals surface area (Å²) in [5, 5.41) is 3.84. The molecule has 1 aromatic rings. The summed E-state index contributed by atoms with van der Waals surface area (Å²) < 4.78 is 15.4. The molecule has 0 N–H and O–H groups in total. The molecule has 1 aliphatic rings. The number of hydrogen-bond donors (Lipinski definition) is 0. The molecule has 0 radical (unpaired) electrons. The van der Waals surface area contributed by atoms with E-state index in [9.17, 15) is 9.59 Å². The van der Waals surface area contributed by atoms with Gasteiger partial charge in [-0.2, -0.15) is 0 Å². The number of hydrogen-bond acceptors (Lipinski definition) is 7. The summed E-state index contributed by atoms with van der Waals surface area (Å²) in [6.07, 6.45) is -1.62. The van der Waals surface area contributed by atoms with E-state index in [0.717, 1.165) is 5.56 Å². The molecule has 0 saturated heterocycles. The van der Waals surface area contributed by atoms with E-state index in [-0.39, 0.29) is 12.3 Å². The third-order valence-corrected chi connectivity index (χ3v) is 3.33. The van der Waals surface area contributed by atoms with E-state index in [4.69, 9.17) is 19.0 Å². The molecule has 0 aliphatic carbocycles. The summed E-state index contributed by atoms with van der Waals surface area (Å²) >= 11 is 0. The van der Waals surface area contributed by atoms with Crippen molar-refractivity contribution in [2.45, 2.75) is 26.2 Å². The van der Waals surface area contributed by atoms with Crippen LogP contribution in [0.2, 0.25) is 0 Å². The molecule has 1 aromatic carbocycles. The molecule has 0 spiro atoms. The van der Waals surface area contributed by atoms with E-state index in [1.54, 1.807) is 6.92 Å². The molecule has 0 aromatic heterocycles. The molecule has 124 valence electrons. The quantitative estimate of drug-likeness (QED) is 0.587. The molecule has 1 aliphatic heterocycles. The van der Waals surface area contributed by atoms with Crippen LogP contribution < -0.4 is 0 Å². The first-order valence-corrected chi connectivity index (χ1v) is 7.24. The third kappa shape index (κ3) is 3.87. The second-order valence-electron chi connectivity index (χ2n) is 4.87. The Morgan fingerprint density at radius 3 is 2.57 bits per heavy atom. The van der Waals surface area contributed by atoms with Crippen LogP contribution >= 0.6 is 0 Å². The first-order chi connectivity index (χ1) is 11.1. The van der Waals surface area contributed by atoms with E-state index in [1.165, 1.54) is 14.0 Å². The van der Waals surface area contributed by atoms with Crippen LogP contribution in [0.1, 0.15) is 25.5 Å². The van der Waals surface area contributed by atoms with Gasteiger partial charge in [-0.05, 0) is 12.5 Å². The summed E-state index contributed by atoms with van der Waals surface area (Å²) in [4.78, 5) is 28.8. The van der Waals surface area contributed by atoms with Crippen molar-refractivity contribution in [3.8, 4) is 0 Å². The lowest BCUT2D eigenvalue weighted by atomic mass is 9.91. The molecule has 3 unspecified atom stereocenters. The molecule has 23 heavy (non-hydrogen) atoms. The fourth-order valence-corrected chi connectivity index (χ4v) is 2.38. The molecule has 0 amide bonds. The number of methoxy groups -OCH3 is 1. The second kappa shape index (κ2) is 7.73. The van der Waals surface area contributed by atoms with Crippen molar-refractivity contribution in [3.05, 3.63) is 35.9 Å². The molecule has 1 heterocycles. The predicted molar refractivity (Wildman–Crippen MR) is 80.4 cm³/mol. The van der Waals surface area contributed by atoms with E-state index in [0.29, 0.717) is 0 Å². The summed E-state index contributed by atoms with van der Waals surface area (Å²) in [5.74, 6) is -1.87. The van der Waals surface area contributed by atoms with Crippen LogP contribution in [0.25, 0.3) is 0 Å². The van der Waals surface area contributed by atoms with Gasteiger partial charge in [-0.1, -0.05) is 35.5 Å². The lowest BCUT2D eigenvalue weighted by Gasteiger charge is -2.25. The number of rotatable bonds is 6. The highest BCUT2D eigenvalue weighted by Crippen LogP contribution is 2.36. The van der Waals surface area contributed by atoms with Gasteiger partial charge in [0.2, 0.25) is 6.29 Å². The van der Waals surface area contributed by atoms with Crippen molar-refractivity contribution >= 4 is 17.7 Å². The number of carbonyl (C=O) groups is 2. The van der Waals surface area contributed by atoms with E-state index < -0.39 is 30.3 Å². The minimum absolute atomic E-state index is 0.0359.